The van der Waals surface area contributed by atoms with Gasteiger partial charge in [-0.25, -0.2) is 15.0 Å². The molecular weight excluding hydrogens is 440 g/mol. The van der Waals surface area contributed by atoms with Crippen molar-refractivity contribution in [2.24, 2.45) is 11.8 Å². The van der Waals surface area contributed by atoms with E-state index in [1.54, 1.807) is 4.57 Å². The minimum atomic E-state index is -0.907. The average molecular weight is 471 g/mol. The van der Waals surface area contributed by atoms with Gasteiger partial charge in [-0.05, 0) is 44.4 Å². The van der Waals surface area contributed by atoms with Gasteiger partial charge in [0.2, 0.25) is 11.7 Å². The molecule has 2 aromatic heterocycles. The summed E-state index contributed by atoms with van der Waals surface area (Å²) in [6, 6.07) is 0. The fraction of sp³-hybridized carbons (Fsp3) is 0.609. The van der Waals surface area contributed by atoms with Crippen LogP contribution in [0.5, 0.6) is 0 Å². The number of nitrogens with two attached hydrogens (primary N) is 1. The molecule has 0 radical (unpaired) electrons. The molecule has 1 aliphatic heterocycles. The Labute approximate surface area is 197 Å². The summed E-state index contributed by atoms with van der Waals surface area (Å²) in [6.07, 6.45) is 3.30. The Balaban J connectivity index is 1.47. The third kappa shape index (κ3) is 4.98. The number of anilines is 1. The molecule has 1 amide bonds. The van der Waals surface area contributed by atoms with E-state index < -0.39 is 18.4 Å². The van der Waals surface area contributed by atoms with Crippen LogP contribution >= 0.6 is 0 Å². The van der Waals surface area contributed by atoms with Gasteiger partial charge in [0.05, 0.1) is 19.4 Å². The highest BCUT2D eigenvalue weighted by molar-refractivity contribution is 5.82. The number of likely N-dealkylation sites (N-methyl/N-ethyl adjacent to an activating group) is 1. The molecule has 11 heteroatoms. The Morgan fingerprint density at radius 3 is 2.79 bits per heavy atom. The number of carbonyl (C=O) groups is 2. The maximum Gasteiger partial charge on any atom is 0.308 e. The molecule has 0 spiro atoms. The van der Waals surface area contributed by atoms with Crippen LogP contribution in [0.1, 0.15) is 57.5 Å². The van der Waals surface area contributed by atoms with Gasteiger partial charge < -0.3 is 25.6 Å². The number of methoxy groups -OCH3 is 1. The molecular formula is C23H30N6O5. The second-order valence-corrected chi connectivity index (χ2v) is 8.72. The first kappa shape index (κ1) is 23.9. The third-order valence-corrected chi connectivity index (χ3v) is 6.43. The van der Waals surface area contributed by atoms with Crippen molar-refractivity contribution in [3.05, 3.63) is 12.2 Å². The lowest BCUT2D eigenvalue weighted by Crippen LogP contribution is -2.34. The van der Waals surface area contributed by atoms with E-state index in [9.17, 15) is 14.7 Å². The first-order valence-electron chi connectivity index (χ1n) is 11.6. The van der Waals surface area contributed by atoms with Gasteiger partial charge in [0, 0.05) is 19.4 Å². The summed E-state index contributed by atoms with van der Waals surface area (Å²) in [5.74, 6) is 6.55. The number of imidazole rings is 1. The maximum absolute atomic E-state index is 12.1. The molecule has 0 unspecified atom stereocenters. The lowest BCUT2D eigenvalue weighted by atomic mass is 9.81. The van der Waals surface area contributed by atoms with Crippen molar-refractivity contribution in [3.8, 4) is 11.8 Å². The van der Waals surface area contributed by atoms with Crippen molar-refractivity contribution in [2.45, 2.75) is 63.9 Å². The summed E-state index contributed by atoms with van der Waals surface area (Å²) in [4.78, 5) is 36.8. The van der Waals surface area contributed by atoms with Gasteiger partial charge in [0.25, 0.3) is 0 Å². The number of aliphatic hydroxyl groups is 1. The Morgan fingerprint density at radius 2 is 2.09 bits per heavy atom. The van der Waals surface area contributed by atoms with Gasteiger partial charge in [-0.2, -0.15) is 0 Å². The fourth-order valence-corrected chi connectivity index (χ4v) is 4.58. The van der Waals surface area contributed by atoms with Crippen LogP contribution in [0, 0.1) is 23.7 Å². The Kier molecular flexibility index (Phi) is 7.29. The van der Waals surface area contributed by atoms with Crippen molar-refractivity contribution < 1.29 is 24.2 Å². The molecule has 0 bridgehead atoms. The molecule has 1 saturated carbocycles. The van der Waals surface area contributed by atoms with E-state index in [2.05, 4.69) is 32.1 Å². The second kappa shape index (κ2) is 10.4. The highest BCUT2D eigenvalue weighted by Crippen LogP contribution is 2.32. The Bertz CT molecular complexity index is 1110. The number of fused-ring (bicyclic) bond motifs is 1. The number of aromatic nitrogens is 4. The quantitative estimate of drug-likeness (QED) is 0.427. The van der Waals surface area contributed by atoms with E-state index in [-0.39, 0.29) is 35.9 Å². The number of nitrogens with one attached hydrogen (secondary N) is 1. The summed E-state index contributed by atoms with van der Waals surface area (Å²) in [7, 11) is 1.43. The number of hydrogen-bond acceptors (Lipinski definition) is 9. The normalized spacial score (nSPS) is 26.6. The lowest BCUT2D eigenvalue weighted by molar-refractivity contribution is -0.146. The topological polar surface area (TPSA) is 154 Å². The zero-order valence-electron chi connectivity index (χ0n) is 19.4. The molecule has 4 rings (SSSR count). The van der Waals surface area contributed by atoms with E-state index in [0.717, 1.165) is 25.7 Å². The number of hydrogen-bond donors (Lipinski definition) is 3. The highest BCUT2D eigenvalue weighted by Gasteiger charge is 2.39. The number of ether oxygens (including phenoxy) is 2. The van der Waals surface area contributed by atoms with E-state index in [0.29, 0.717) is 30.0 Å². The van der Waals surface area contributed by atoms with Crippen LogP contribution in [0.3, 0.4) is 0 Å². The molecule has 3 atom stereocenters. The molecule has 2 aromatic rings. The monoisotopic (exact) mass is 470 g/mol. The van der Waals surface area contributed by atoms with Crippen molar-refractivity contribution >= 4 is 28.9 Å². The smallest absolute Gasteiger partial charge is 0.308 e. The average Bonchev–Trinajstić information content (AvgIpc) is 3.43. The summed E-state index contributed by atoms with van der Waals surface area (Å²) >= 11 is 0. The Hall–Kier alpha value is -3.23. The molecule has 11 nitrogen and oxygen atoms in total. The van der Waals surface area contributed by atoms with Gasteiger partial charge in [-0.3, -0.25) is 14.2 Å². The van der Waals surface area contributed by atoms with Gasteiger partial charge in [0.15, 0.2) is 17.7 Å². The summed E-state index contributed by atoms with van der Waals surface area (Å²) < 4.78 is 12.2. The number of aliphatic hydroxyl groups excluding tert-OH is 1. The van der Waals surface area contributed by atoms with E-state index in [1.165, 1.54) is 13.4 Å². The SMILES string of the molecule is CCNC(=O)[C@@H]1C[C@H](O)[C@H](n2cnc3c(N)nc(C#CCC4CCC(C(=O)OC)CC4)nc32)O1. The molecule has 3 heterocycles. The van der Waals surface area contributed by atoms with Crippen LogP contribution in [0.4, 0.5) is 5.82 Å². The van der Waals surface area contributed by atoms with Gasteiger partial charge in [-0.15, -0.1) is 0 Å². The molecule has 2 fully saturated rings. The van der Waals surface area contributed by atoms with Crippen LogP contribution in [0.25, 0.3) is 11.2 Å². The van der Waals surface area contributed by atoms with E-state index >= 15 is 0 Å². The van der Waals surface area contributed by atoms with Crippen molar-refractivity contribution in [2.75, 3.05) is 19.4 Å². The summed E-state index contributed by atoms with van der Waals surface area (Å²) in [6.45, 7) is 2.30. The standard InChI is InChI=1S/C23H30N6O5/c1-3-25-21(31)16-11-15(30)22(34-16)29-12-26-18-19(24)27-17(28-20(18)29)6-4-5-13-7-9-14(10-8-13)23(32)33-2/h12-16,22,30H,3,5,7-11H2,1-2H3,(H,25,31)(H2,24,27,28)/t13?,14?,15-,16-,22+/m0/s1. The second-order valence-electron chi connectivity index (χ2n) is 8.72. The fourth-order valence-electron chi connectivity index (χ4n) is 4.58. The van der Waals surface area contributed by atoms with Gasteiger partial charge >= 0.3 is 5.97 Å². The molecule has 34 heavy (non-hydrogen) atoms. The third-order valence-electron chi connectivity index (χ3n) is 6.43. The zero-order chi connectivity index (χ0) is 24.2. The van der Waals surface area contributed by atoms with Gasteiger partial charge in [0.1, 0.15) is 17.7 Å². The lowest BCUT2D eigenvalue weighted by Gasteiger charge is -2.25. The molecule has 1 saturated heterocycles. The molecule has 4 N–H and O–H groups in total. The molecule has 182 valence electrons. The van der Waals surface area contributed by atoms with Crippen LogP contribution in [0.15, 0.2) is 6.33 Å². The Morgan fingerprint density at radius 1 is 1.32 bits per heavy atom. The van der Waals surface area contributed by atoms with E-state index in [1.807, 2.05) is 6.92 Å². The minimum absolute atomic E-state index is 0.0131. The zero-order valence-corrected chi connectivity index (χ0v) is 19.4. The van der Waals surface area contributed by atoms with Crippen LogP contribution in [0.2, 0.25) is 0 Å². The number of esters is 1. The first-order valence-corrected chi connectivity index (χ1v) is 11.6. The summed E-state index contributed by atoms with van der Waals surface area (Å²) in [5, 5.41) is 13.2. The van der Waals surface area contributed by atoms with Crippen molar-refractivity contribution in [1.82, 2.24) is 24.8 Å². The number of carbonyl (C=O) groups excluding carboxylic acids is 2. The predicted octanol–water partition coefficient (Wildman–Crippen LogP) is 0.914. The molecule has 1 aliphatic carbocycles. The number of amides is 1. The molecule has 2 aliphatic rings. The number of nitrogen functional groups attached to an aromatic ring is 1. The maximum atomic E-state index is 12.1. The summed E-state index contributed by atoms with van der Waals surface area (Å²) in [5.41, 5.74) is 6.85. The van der Waals surface area contributed by atoms with Gasteiger partial charge in [-0.1, -0.05) is 5.92 Å². The van der Waals surface area contributed by atoms with Crippen LogP contribution in [-0.4, -0.2) is 62.4 Å². The predicted molar refractivity (Wildman–Crippen MR) is 122 cm³/mol. The first-order chi connectivity index (χ1) is 16.4. The van der Waals surface area contributed by atoms with Crippen LogP contribution < -0.4 is 11.1 Å². The van der Waals surface area contributed by atoms with E-state index in [4.69, 9.17) is 15.2 Å². The highest BCUT2D eigenvalue weighted by atomic mass is 16.5. The molecule has 0 aromatic carbocycles. The van der Waals surface area contributed by atoms with Crippen molar-refractivity contribution in [3.63, 3.8) is 0 Å². The number of rotatable bonds is 5. The van der Waals surface area contributed by atoms with Crippen molar-refractivity contribution in [1.29, 1.82) is 0 Å². The number of nitrogens with zero attached hydrogens (tertiary/aromatic N) is 4. The minimum Gasteiger partial charge on any atom is -0.469 e. The van der Waals surface area contributed by atoms with Crippen LogP contribution in [-0.2, 0) is 19.1 Å². The largest absolute Gasteiger partial charge is 0.469 e.